The fourth-order valence-corrected chi connectivity index (χ4v) is 3.44. The second kappa shape index (κ2) is 6.35. The first kappa shape index (κ1) is 14.8. The first-order chi connectivity index (χ1) is 10.2. The van der Waals surface area contributed by atoms with Crippen molar-refractivity contribution in [2.45, 2.75) is 36.4 Å². The highest BCUT2D eigenvalue weighted by Gasteiger charge is 2.42. The summed E-state index contributed by atoms with van der Waals surface area (Å²) in [5, 5.41) is 7.13. The van der Waals surface area contributed by atoms with Gasteiger partial charge in [-0.05, 0) is 0 Å². The summed E-state index contributed by atoms with van der Waals surface area (Å²) in [6.45, 7) is 6.02. The third-order valence-corrected chi connectivity index (χ3v) is 4.71. The molecule has 3 heterocycles. The molecule has 8 heteroatoms. The molecule has 1 spiro atoms. The number of nitrogens with one attached hydrogen (secondary N) is 1. The molecule has 0 amide bonds. The fraction of sp³-hybridized carbons (Fsp3) is 0.692. The maximum absolute atomic E-state index is 11.6. The van der Waals surface area contributed by atoms with Gasteiger partial charge in [-0.3, -0.25) is 4.57 Å². The summed E-state index contributed by atoms with van der Waals surface area (Å²) in [5.41, 5.74) is -0.220. The van der Waals surface area contributed by atoms with Crippen LogP contribution in [0.2, 0.25) is 0 Å². The first-order valence-corrected chi connectivity index (χ1v) is 7.99. The zero-order valence-corrected chi connectivity index (χ0v) is 12.6. The molecule has 0 aromatic carbocycles. The van der Waals surface area contributed by atoms with Crippen molar-refractivity contribution in [3.05, 3.63) is 23.1 Å². The summed E-state index contributed by atoms with van der Waals surface area (Å²) >= 11 is 1.49. The van der Waals surface area contributed by atoms with E-state index in [1.165, 1.54) is 11.8 Å². The molecule has 3 rings (SSSR count). The van der Waals surface area contributed by atoms with Crippen molar-refractivity contribution < 1.29 is 14.2 Å². The summed E-state index contributed by atoms with van der Waals surface area (Å²) in [5.74, 6) is 0.236. The Hall–Kier alpha value is -1.09. The van der Waals surface area contributed by atoms with Crippen LogP contribution in [-0.2, 0) is 20.8 Å². The number of aromatic nitrogens is 3. The molecule has 0 radical (unpaired) electrons. The minimum Gasteiger partial charge on any atom is -0.381 e. The Labute approximate surface area is 126 Å². The van der Waals surface area contributed by atoms with Crippen LogP contribution in [0.5, 0.6) is 0 Å². The van der Waals surface area contributed by atoms with E-state index in [0.29, 0.717) is 37.3 Å². The predicted molar refractivity (Wildman–Crippen MR) is 77.4 cm³/mol. The Morgan fingerprint density at radius 1 is 1.52 bits per heavy atom. The maximum Gasteiger partial charge on any atom is 0.344 e. The summed E-state index contributed by atoms with van der Waals surface area (Å²) in [7, 11) is 0. The van der Waals surface area contributed by atoms with Gasteiger partial charge in [0.05, 0.1) is 25.9 Å². The van der Waals surface area contributed by atoms with Crippen molar-refractivity contribution in [3.8, 4) is 0 Å². The van der Waals surface area contributed by atoms with E-state index >= 15 is 0 Å². The van der Waals surface area contributed by atoms with Crippen LogP contribution in [0.15, 0.2) is 22.6 Å². The van der Waals surface area contributed by atoms with E-state index in [4.69, 9.17) is 14.2 Å². The van der Waals surface area contributed by atoms with E-state index in [-0.39, 0.29) is 11.8 Å². The molecule has 7 nitrogen and oxygen atoms in total. The Balaban J connectivity index is 1.56. The van der Waals surface area contributed by atoms with Gasteiger partial charge in [0, 0.05) is 25.1 Å². The monoisotopic (exact) mass is 313 g/mol. The molecular weight excluding hydrogens is 294 g/mol. The third kappa shape index (κ3) is 3.23. The molecule has 0 bridgehead atoms. The average molecular weight is 313 g/mol. The minimum atomic E-state index is -0.462. The van der Waals surface area contributed by atoms with Crippen LogP contribution in [0.25, 0.3) is 0 Å². The number of hydrogen-bond donors (Lipinski definition) is 1. The molecule has 1 aromatic rings. The number of allylic oxidation sites excluding steroid dienone is 1. The second-order valence-corrected chi connectivity index (χ2v) is 6.08. The summed E-state index contributed by atoms with van der Waals surface area (Å²) in [4.78, 5) is 11.6. The smallest absolute Gasteiger partial charge is 0.344 e. The van der Waals surface area contributed by atoms with Crippen molar-refractivity contribution in [3.63, 3.8) is 0 Å². The number of ether oxygens (including phenoxy) is 3. The Morgan fingerprint density at radius 3 is 3.10 bits per heavy atom. The van der Waals surface area contributed by atoms with E-state index < -0.39 is 5.79 Å². The number of nitrogens with zero attached hydrogens (tertiary/aromatic N) is 2. The minimum absolute atomic E-state index is 0.0112. The Bertz CT molecular complexity index is 550. The van der Waals surface area contributed by atoms with E-state index in [1.807, 2.05) is 0 Å². The summed E-state index contributed by atoms with van der Waals surface area (Å²) in [6, 6.07) is 0. The van der Waals surface area contributed by atoms with Gasteiger partial charge in [0.25, 0.3) is 0 Å². The number of aromatic amines is 1. The van der Waals surface area contributed by atoms with Crippen molar-refractivity contribution >= 4 is 11.8 Å². The highest BCUT2D eigenvalue weighted by Crippen LogP contribution is 2.34. The van der Waals surface area contributed by atoms with Crippen LogP contribution in [-0.4, -0.2) is 52.2 Å². The molecule has 0 aliphatic carbocycles. The molecule has 1 aromatic heterocycles. The van der Waals surface area contributed by atoms with Crippen LogP contribution in [0.4, 0.5) is 0 Å². The maximum atomic E-state index is 11.6. The van der Waals surface area contributed by atoms with Gasteiger partial charge in [-0.2, -0.15) is 0 Å². The van der Waals surface area contributed by atoms with E-state index in [1.54, 1.807) is 10.6 Å². The lowest BCUT2D eigenvalue weighted by molar-refractivity contribution is -0.209. The molecule has 116 valence electrons. The average Bonchev–Trinajstić information content (AvgIpc) is 3.04. The highest BCUT2D eigenvalue weighted by molar-refractivity contribution is 7.99. The van der Waals surface area contributed by atoms with E-state index in [0.717, 1.165) is 12.8 Å². The van der Waals surface area contributed by atoms with Gasteiger partial charge in [-0.25, -0.2) is 9.89 Å². The van der Waals surface area contributed by atoms with Gasteiger partial charge in [0.1, 0.15) is 0 Å². The number of rotatable bonds is 5. The van der Waals surface area contributed by atoms with Crippen LogP contribution in [0, 0.1) is 0 Å². The fourth-order valence-electron chi connectivity index (χ4n) is 2.51. The Kier molecular flexibility index (Phi) is 4.48. The van der Waals surface area contributed by atoms with Gasteiger partial charge in [0.2, 0.25) is 0 Å². The highest BCUT2D eigenvalue weighted by atomic mass is 32.2. The lowest BCUT2D eigenvalue weighted by Crippen LogP contribution is -2.38. The molecular formula is C13H19N3O4S. The number of H-pyrrole nitrogens is 1. The zero-order valence-electron chi connectivity index (χ0n) is 11.7. The van der Waals surface area contributed by atoms with Crippen molar-refractivity contribution in [1.29, 1.82) is 0 Å². The largest absolute Gasteiger partial charge is 0.381 e. The number of thioether (sulfide) groups is 1. The van der Waals surface area contributed by atoms with Gasteiger partial charge in [0.15, 0.2) is 10.9 Å². The summed E-state index contributed by atoms with van der Waals surface area (Å²) in [6.07, 6.45) is 3.24. The van der Waals surface area contributed by atoms with Gasteiger partial charge >= 0.3 is 5.69 Å². The summed E-state index contributed by atoms with van der Waals surface area (Å²) < 4.78 is 18.8. The molecule has 1 atom stereocenters. The SMILES string of the molecule is C=CCn1c(SCC2COC3(CCOCC3)O2)n[nH]c1=O. The van der Waals surface area contributed by atoms with Gasteiger partial charge in [-0.1, -0.05) is 17.8 Å². The van der Waals surface area contributed by atoms with Crippen molar-refractivity contribution in [2.24, 2.45) is 0 Å². The predicted octanol–water partition coefficient (Wildman–Crippen LogP) is 0.772. The quantitative estimate of drug-likeness (QED) is 0.639. The molecule has 2 saturated heterocycles. The molecule has 2 aliphatic heterocycles. The van der Waals surface area contributed by atoms with Gasteiger partial charge < -0.3 is 14.2 Å². The Morgan fingerprint density at radius 2 is 2.33 bits per heavy atom. The van der Waals surface area contributed by atoms with Crippen LogP contribution >= 0.6 is 11.8 Å². The lowest BCUT2D eigenvalue weighted by atomic mass is 10.1. The first-order valence-electron chi connectivity index (χ1n) is 7.01. The normalized spacial score (nSPS) is 24.5. The van der Waals surface area contributed by atoms with Crippen molar-refractivity contribution in [1.82, 2.24) is 14.8 Å². The third-order valence-electron chi connectivity index (χ3n) is 3.60. The van der Waals surface area contributed by atoms with Crippen LogP contribution in [0.1, 0.15) is 12.8 Å². The molecule has 2 aliphatic rings. The lowest BCUT2D eigenvalue weighted by Gasteiger charge is -2.31. The molecule has 0 saturated carbocycles. The van der Waals surface area contributed by atoms with Crippen LogP contribution < -0.4 is 5.69 Å². The second-order valence-electron chi connectivity index (χ2n) is 5.10. The topological polar surface area (TPSA) is 78.4 Å². The molecule has 21 heavy (non-hydrogen) atoms. The van der Waals surface area contributed by atoms with E-state index in [2.05, 4.69) is 16.8 Å². The van der Waals surface area contributed by atoms with Gasteiger partial charge in [-0.15, -0.1) is 11.7 Å². The standard InChI is InChI=1S/C13H19N3O4S/c1-2-5-16-11(17)14-15-12(16)21-9-10-8-19-13(20-10)3-6-18-7-4-13/h2,10H,1,3-9H2,(H,14,17). The number of hydrogen-bond acceptors (Lipinski definition) is 6. The molecule has 1 N–H and O–H groups in total. The van der Waals surface area contributed by atoms with Crippen LogP contribution in [0.3, 0.4) is 0 Å². The zero-order chi connectivity index (χ0) is 14.7. The van der Waals surface area contributed by atoms with E-state index in [9.17, 15) is 4.79 Å². The molecule has 1 unspecified atom stereocenters. The van der Waals surface area contributed by atoms with Crippen molar-refractivity contribution in [2.75, 3.05) is 25.6 Å². The molecule has 2 fully saturated rings.